The van der Waals surface area contributed by atoms with Gasteiger partial charge in [0, 0.05) is 10.0 Å². The van der Waals surface area contributed by atoms with Crippen molar-refractivity contribution in [1.29, 1.82) is 0 Å². The summed E-state index contributed by atoms with van der Waals surface area (Å²) < 4.78 is 0.726. The molecule has 0 spiro atoms. The minimum absolute atomic E-state index is 0.369. The van der Waals surface area contributed by atoms with Crippen molar-refractivity contribution < 1.29 is 19.2 Å². The van der Waals surface area contributed by atoms with Crippen LogP contribution in [0, 0.1) is 0 Å². The largest absolute Gasteiger partial charge is 0.344 e. The SMILES string of the molecule is CC1(c2ccccc2)NC(=O)N(NC(=O)CNC(=O)c2cccc(Br)c2)C1=O. The lowest BCUT2D eigenvalue weighted by molar-refractivity contribution is -0.138. The maximum absolute atomic E-state index is 12.7. The Kier molecular flexibility index (Phi) is 5.46. The predicted molar refractivity (Wildman–Crippen MR) is 104 cm³/mol. The molecule has 0 radical (unpaired) electrons. The lowest BCUT2D eigenvalue weighted by atomic mass is 9.92. The molecule has 5 amide bonds. The monoisotopic (exact) mass is 444 g/mol. The zero-order valence-electron chi connectivity index (χ0n) is 14.9. The van der Waals surface area contributed by atoms with Crippen LogP contribution in [0.3, 0.4) is 0 Å². The maximum Gasteiger partial charge on any atom is 0.344 e. The third-order valence-electron chi connectivity index (χ3n) is 4.27. The number of hydrogen-bond acceptors (Lipinski definition) is 4. The molecule has 28 heavy (non-hydrogen) atoms. The van der Waals surface area contributed by atoms with Gasteiger partial charge in [0.25, 0.3) is 17.7 Å². The van der Waals surface area contributed by atoms with E-state index in [0.29, 0.717) is 16.1 Å². The molecule has 3 N–H and O–H groups in total. The highest BCUT2D eigenvalue weighted by Gasteiger charge is 2.49. The molecule has 8 nitrogen and oxygen atoms in total. The number of hydrazine groups is 1. The number of hydrogen-bond donors (Lipinski definition) is 3. The van der Waals surface area contributed by atoms with Gasteiger partial charge >= 0.3 is 6.03 Å². The number of carbonyl (C=O) groups is 4. The maximum atomic E-state index is 12.7. The van der Waals surface area contributed by atoms with E-state index in [1.54, 1.807) is 61.5 Å². The fraction of sp³-hybridized carbons (Fsp3) is 0.158. The molecule has 0 aliphatic carbocycles. The second kappa shape index (κ2) is 7.81. The molecule has 2 aromatic rings. The third-order valence-corrected chi connectivity index (χ3v) is 4.77. The number of imide groups is 1. The van der Waals surface area contributed by atoms with Crippen molar-refractivity contribution >= 4 is 39.7 Å². The molecule has 0 aromatic heterocycles. The lowest BCUT2D eigenvalue weighted by Gasteiger charge is -2.22. The Morgan fingerprint density at radius 1 is 1.11 bits per heavy atom. The van der Waals surface area contributed by atoms with Crippen molar-refractivity contribution in [3.63, 3.8) is 0 Å². The van der Waals surface area contributed by atoms with Crippen LogP contribution in [0.2, 0.25) is 0 Å². The molecule has 1 unspecified atom stereocenters. The fourth-order valence-electron chi connectivity index (χ4n) is 2.76. The molecule has 9 heteroatoms. The summed E-state index contributed by atoms with van der Waals surface area (Å²) in [7, 11) is 0. The van der Waals surface area contributed by atoms with Gasteiger partial charge in [-0.25, -0.2) is 4.79 Å². The van der Waals surface area contributed by atoms with E-state index >= 15 is 0 Å². The average Bonchev–Trinajstić information content (AvgIpc) is 2.91. The number of urea groups is 1. The van der Waals surface area contributed by atoms with E-state index in [0.717, 1.165) is 4.47 Å². The van der Waals surface area contributed by atoms with Gasteiger partial charge in [-0.2, -0.15) is 5.01 Å². The molecular formula is C19H17BrN4O4. The summed E-state index contributed by atoms with van der Waals surface area (Å²) in [5, 5.41) is 5.64. The van der Waals surface area contributed by atoms with Gasteiger partial charge in [0.05, 0.1) is 6.54 Å². The molecule has 1 heterocycles. The van der Waals surface area contributed by atoms with E-state index in [9.17, 15) is 19.2 Å². The van der Waals surface area contributed by atoms with Crippen LogP contribution in [0.1, 0.15) is 22.8 Å². The summed E-state index contributed by atoms with van der Waals surface area (Å²) in [6, 6.07) is 14.6. The van der Waals surface area contributed by atoms with Gasteiger partial charge in [-0.05, 0) is 30.7 Å². The first-order valence-corrected chi connectivity index (χ1v) is 9.16. The molecule has 1 fully saturated rings. The number of benzene rings is 2. The standard InChI is InChI=1S/C19H17BrN4O4/c1-19(13-7-3-2-4-8-13)17(27)24(18(28)22-19)23-15(25)11-21-16(26)12-6-5-9-14(20)10-12/h2-10H,11H2,1H3,(H,21,26)(H,22,28)(H,23,25). The first-order chi connectivity index (χ1) is 13.3. The summed E-state index contributed by atoms with van der Waals surface area (Å²) in [6.45, 7) is 1.16. The molecule has 0 bridgehead atoms. The number of rotatable bonds is 5. The number of amides is 5. The Morgan fingerprint density at radius 2 is 1.82 bits per heavy atom. The number of carbonyl (C=O) groups excluding carboxylic acids is 4. The highest BCUT2D eigenvalue weighted by atomic mass is 79.9. The molecule has 3 rings (SSSR count). The Bertz CT molecular complexity index is 950. The quantitative estimate of drug-likeness (QED) is 0.609. The Balaban J connectivity index is 1.62. The zero-order valence-corrected chi connectivity index (χ0v) is 16.4. The van der Waals surface area contributed by atoms with Crippen molar-refractivity contribution in [2.75, 3.05) is 6.54 Å². The van der Waals surface area contributed by atoms with Crippen LogP contribution < -0.4 is 16.1 Å². The second-order valence-corrected chi connectivity index (χ2v) is 7.21. The van der Waals surface area contributed by atoms with Crippen LogP contribution in [0.25, 0.3) is 0 Å². The summed E-state index contributed by atoms with van der Waals surface area (Å²) in [5.41, 5.74) is 1.90. The topological polar surface area (TPSA) is 108 Å². The molecule has 0 saturated carbocycles. The van der Waals surface area contributed by atoms with Crippen molar-refractivity contribution in [3.05, 3.63) is 70.2 Å². The summed E-state index contributed by atoms with van der Waals surface area (Å²) in [6.07, 6.45) is 0. The number of nitrogens with one attached hydrogen (secondary N) is 3. The van der Waals surface area contributed by atoms with Crippen LogP contribution in [0.5, 0.6) is 0 Å². The minimum atomic E-state index is -1.29. The average molecular weight is 445 g/mol. The Morgan fingerprint density at radius 3 is 2.50 bits per heavy atom. The summed E-state index contributed by atoms with van der Waals surface area (Å²) >= 11 is 3.26. The van der Waals surface area contributed by atoms with E-state index in [4.69, 9.17) is 0 Å². The van der Waals surface area contributed by atoms with Crippen molar-refractivity contribution in [1.82, 2.24) is 21.1 Å². The van der Waals surface area contributed by atoms with Crippen molar-refractivity contribution in [2.45, 2.75) is 12.5 Å². The van der Waals surface area contributed by atoms with E-state index in [1.807, 2.05) is 0 Å². The summed E-state index contributed by atoms with van der Waals surface area (Å²) in [5.74, 6) is -1.78. The second-order valence-electron chi connectivity index (χ2n) is 6.29. The zero-order chi connectivity index (χ0) is 20.3. The fourth-order valence-corrected chi connectivity index (χ4v) is 3.16. The van der Waals surface area contributed by atoms with E-state index < -0.39 is 35.8 Å². The van der Waals surface area contributed by atoms with Crippen LogP contribution in [0.4, 0.5) is 4.79 Å². The van der Waals surface area contributed by atoms with E-state index in [2.05, 4.69) is 32.0 Å². The van der Waals surface area contributed by atoms with Crippen LogP contribution in [0.15, 0.2) is 59.1 Å². The number of halogens is 1. The molecule has 1 aliphatic rings. The third kappa shape index (κ3) is 3.89. The summed E-state index contributed by atoms with van der Waals surface area (Å²) in [4.78, 5) is 49.1. The van der Waals surface area contributed by atoms with E-state index in [-0.39, 0.29) is 0 Å². The Labute approximate surface area is 169 Å². The van der Waals surface area contributed by atoms with Crippen LogP contribution in [-0.4, -0.2) is 35.3 Å². The minimum Gasteiger partial charge on any atom is -0.343 e. The van der Waals surface area contributed by atoms with Crippen molar-refractivity contribution in [2.24, 2.45) is 0 Å². The molecule has 2 aromatic carbocycles. The van der Waals surface area contributed by atoms with Gasteiger partial charge in [0.2, 0.25) is 0 Å². The highest BCUT2D eigenvalue weighted by Crippen LogP contribution is 2.27. The van der Waals surface area contributed by atoms with Crippen LogP contribution >= 0.6 is 15.9 Å². The van der Waals surface area contributed by atoms with Gasteiger partial charge < -0.3 is 10.6 Å². The molecule has 144 valence electrons. The first-order valence-electron chi connectivity index (χ1n) is 8.37. The molecule has 1 atom stereocenters. The van der Waals surface area contributed by atoms with Gasteiger partial charge in [-0.15, -0.1) is 0 Å². The smallest absolute Gasteiger partial charge is 0.343 e. The normalized spacial score (nSPS) is 18.6. The molecular weight excluding hydrogens is 428 g/mol. The highest BCUT2D eigenvalue weighted by molar-refractivity contribution is 9.10. The van der Waals surface area contributed by atoms with Gasteiger partial charge in [0.1, 0.15) is 5.54 Å². The first kappa shape index (κ1) is 19.6. The van der Waals surface area contributed by atoms with Gasteiger partial charge in [0.15, 0.2) is 0 Å². The lowest BCUT2D eigenvalue weighted by Crippen LogP contribution is -2.50. The van der Waals surface area contributed by atoms with Crippen molar-refractivity contribution in [3.8, 4) is 0 Å². The Hall–Kier alpha value is -3.20. The van der Waals surface area contributed by atoms with Crippen LogP contribution in [-0.2, 0) is 15.1 Å². The van der Waals surface area contributed by atoms with Gasteiger partial charge in [-0.1, -0.05) is 52.3 Å². The van der Waals surface area contributed by atoms with Gasteiger partial charge in [-0.3, -0.25) is 19.8 Å². The predicted octanol–water partition coefficient (Wildman–Crippen LogP) is 1.68. The number of nitrogens with zero attached hydrogens (tertiary/aromatic N) is 1. The molecule has 1 aliphatic heterocycles. The molecule has 1 saturated heterocycles. The van der Waals surface area contributed by atoms with E-state index in [1.165, 1.54) is 0 Å².